The summed E-state index contributed by atoms with van der Waals surface area (Å²) in [6.45, 7) is 8.02. The van der Waals surface area contributed by atoms with E-state index in [1.807, 2.05) is 18.2 Å². The number of benzene rings is 2. The van der Waals surface area contributed by atoms with Gasteiger partial charge in [-0.1, -0.05) is 56.3 Å². The van der Waals surface area contributed by atoms with Crippen molar-refractivity contribution in [1.82, 2.24) is 14.5 Å². The van der Waals surface area contributed by atoms with Crippen LogP contribution in [-0.4, -0.2) is 62.7 Å². The number of carbonyl (C=O) groups is 1. The summed E-state index contributed by atoms with van der Waals surface area (Å²) in [6, 6.07) is 16.9. The largest absolute Gasteiger partial charge is 0.308 e. The van der Waals surface area contributed by atoms with Gasteiger partial charge in [-0.2, -0.15) is 4.31 Å². The number of hydrogen-bond donors (Lipinski definition) is 1. The molecule has 1 unspecified atom stereocenters. The molecule has 0 aliphatic carbocycles. The fourth-order valence-electron chi connectivity index (χ4n) is 4.13. The number of ketones is 1. The molecule has 0 amide bonds. The van der Waals surface area contributed by atoms with Gasteiger partial charge in [-0.3, -0.25) is 9.69 Å². The van der Waals surface area contributed by atoms with Crippen LogP contribution in [0, 0.1) is 0 Å². The van der Waals surface area contributed by atoms with Crippen molar-refractivity contribution in [3.05, 3.63) is 65.7 Å². The standard InChI is InChI=1S/C24H33N3O3S/c1-3-26(4-2)23(20-11-6-5-7-12-20)18-25-19-24(28)21-13-10-14-22(17-21)31(29,30)27-15-8-9-16-27/h5-7,10-14,17,23,25H,3-4,8-9,15-16,18-19H2,1-2H3. The number of sulfonamides is 1. The summed E-state index contributed by atoms with van der Waals surface area (Å²) >= 11 is 0. The zero-order chi connectivity index (χ0) is 22.3. The highest BCUT2D eigenvalue weighted by molar-refractivity contribution is 7.89. The Morgan fingerprint density at radius 2 is 1.71 bits per heavy atom. The minimum atomic E-state index is -3.53. The molecule has 0 bridgehead atoms. The SMILES string of the molecule is CCN(CC)C(CNCC(=O)c1cccc(S(=O)(=O)N2CCCC2)c1)c1ccccc1. The molecule has 1 atom stereocenters. The Morgan fingerprint density at radius 3 is 2.35 bits per heavy atom. The molecule has 1 saturated heterocycles. The first kappa shape index (κ1) is 23.6. The third-order valence-electron chi connectivity index (χ3n) is 5.92. The van der Waals surface area contributed by atoms with Crippen LogP contribution in [0.4, 0.5) is 0 Å². The van der Waals surface area contributed by atoms with Gasteiger partial charge in [-0.15, -0.1) is 0 Å². The molecule has 0 spiro atoms. The lowest BCUT2D eigenvalue weighted by Crippen LogP contribution is -2.37. The number of rotatable bonds is 11. The average molecular weight is 444 g/mol. The van der Waals surface area contributed by atoms with E-state index in [-0.39, 0.29) is 23.3 Å². The second-order valence-electron chi connectivity index (χ2n) is 7.84. The van der Waals surface area contributed by atoms with Gasteiger partial charge in [0, 0.05) is 31.2 Å². The maximum absolute atomic E-state index is 12.8. The Balaban J connectivity index is 1.66. The van der Waals surface area contributed by atoms with Crippen LogP contribution in [0.3, 0.4) is 0 Å². The van der Waals surface area contributed by atoms with Crippen LogP contribution < -0.4 is 5.32 Å². The Hall–Kier alpha value is -2.06. The summed E-state index contributed by atoms with van der Waals surface area (Å²) in [4.78, 5) is 15.3. The fourth-order valence-corrected chi connectivity index (χ4v) is 5.69. The van der Waals surface area contributed by atoms with E-state index < -0.39 is 10.0 Å². The van der Waals surface area contributed by atoms with Gasteiger partial charge in [0.2, 0.25) is 10.0 Å². The molecular formula is C24H33N3O3S. The Morgan fingerprint density at radius 1 is 1.03 bits per heavy atom. The van der Waals surface area contributed by atoms with Crippen molar-refractivity contribution >= 4 is 15.8 Å². The molecule has 1 fully saturated rings. The normalized spacial score (nSPS) is 16.0. The quantitative estimate of drug-likeness (QED) is 0.540. The van der Waals surface area contributed by atoms with Crippen molar-refractivity contribution in [2.24, 2.45) is 0 Å². The highest BCUT2D eigenvalue weighted by Gasteiger charge is 2.27. The predicted molar refractivity (Wildman–Crippen MR) is 124 cm³/mol. The molecule has 168 valence electrons. The highest BCUT2D eigenvalue weighted by atomic mass is 32.2. The van der Waals surface area contributed by atoms with Gasteiger partial charge in [0.05, 0.1) is 11.4 Å². The first-order chi connectivity index (χ1) is 15.0. The topological polar surface area (TPSA) is 69.7 Å². The number of hydrogen-bond acceptors (Lipinski definition) is 5. The average Bonchev–Trinajstić information content (AvgIpc) is 3.35. The molecule has 7 heteroatoms. The van der Waals surface area contributed by atoms with Crippen LogP contribution in [0.15, 0.2) is 59.5 Å². The first-order valence-corrected chi connectivity index (χ1v) is 12.5. The number of carbonyl (C=O) groups excluding carboxylic acids is 1. The minimum absolute atomic E-state index is 0.107. The van der Waals surface area contributed by atoms with Crippen molar-refractivity contribution in [3.8, 4) is 0 Å². The van der Waals surface area contributed by atoms with Crippen molar-refractivity contribution < 1.29 is 13.2 Å². The Labute approximate surface area is 186 Å². The van der Waals surface area contributed by atoms with Crippen molar-refractivity contribution in [1.29, 1.82) is 0 Å². The monoisotopic (exact) mass is 443 g/mol. The summed E-state index contributed by atoms with van der Waals surface area (Å²) in [7, 11) is -3.53. The van der Waals surface area contributed by atoms with Crippen LogP contribution in [-0.2, 0) is 10.0 Å². The van der Waals surface area contributed by atoms with Gasteiger partial charge in [0.1, 0.15) is 0 Å². The predicted octanol–water partition coefficient (Wildman–Crippen LogP) is 3.33. The molecule has 1 heterocycles. The summed E-state index contributed by atoms with van der Waals surface area (Å²) < 4.78 is 27.1. The lowest BCUT2D eigenvalue weighted by Gasteiger charge is -2.30. The summed E-state index contributed by atoms with van der Waals surface area (Å²) in [5.41, 5.74) is 1.64. The Kier molecular flexibility index (Phi) is 8.37. The second kappa shape index (κ2) is 11.0. The Bertz CT molecular complexity index is 953. The highest BCUT2D eigenvalue weighted by Crippen LogP contribution is 2.22. The lowest BCUT2D eigenvalue weighted by molar-refractivity contribution is 0.0986. The number of Topliss-reactive ketones (excluding diaryl/α,β-unsaturated/α-hetero) is 1. The van der Waals surface area contributed by atoms with Crippen molar-refractivity contribution in [2.75, 3.05) is 39.3 Å². The van der Waals surface area contributed by atoms with E-state index in [0.717, 1.165) is 25.9 Å². The molecule has 2 aromatic carbocycles. The van der Waals surface area contributed by atoms with Crippen molar-refractivity contribution in [2.45, 2.75) is 37.6 Å². The summed E-state index contributed by atoms with van der Waals surface area (Å²) in [6.07, 6.45) is 1.77. The van der Waals surface area contributed by atoms with Gasteiger partial charge < -0.3 is 5.32 Å². The third-order valence-corrected chi connectivity index (χ3v) is 7.81. The molecule has 6 nitrogen and oxygen atoms in total. The number of nitrogens with one attached hydrogen (secondary N) is 1. The van der Waals surface area contributed by atoms with Gasteiger partial charge >= 0.3 is 0 Å². The molecule has 3 rings (SSSR count). The van der Waals surface area contributed by atoms with E-state index in [4.69, 9.17) is 0 Å². The first-order valence-electron chi connectivity index (χ1n) is 11.1. The van der Waals surface area contributed by atoms with Crippen LogP contribution in [0.5, 0.6) is 0 Å². The van der Waals surface area contributed by atoms with Crippen molar-refractivity contribution in [3.63, 3.8) is 0 Å². The smallest absolute Gasteiger partial charge is 0.243 e. The van der Waals surface area contributed by atoms with Crippen LogP contribution in [0.1, 0.15) is 48.7 Å². The molecule has 1 N–H and O–H groups in total. The molecule has 0 saturated carbocycles. The van der Waals surface area contributed by atoms with E-state index >= 15 is 0 Å². The molecule has 0 radical (unpaired) electrons. The van der Waals surface area contributed by atoms with E-state index in [9.17, 15) is 13.2 Å². The maximum atomic E-state index is 12.8. The zero-order valence-corrected chi connectivity index (χ0v) is 19.3. The maximum Gasteiger partial charge on any atom is 0.243 e. The summed E-state index contributed by atoms with van der Waals surface area (Å²) in [5, 5.41) is 3.29. The van der Waals surface area contributed by atoms with Crippen LogP contribution in [0.25, 0.3) is 0 Å². The number of nitrogens with zero attached hydrogens (tertiary/aromatic N) is 2. The number of likely N-dealkylation sites (N-methyl/N-ethyl adjacent to an activating group) is 1. The molecule has 0 aromatic heterocycles. The van der Waals surface area contributed by atoms with Gasteiger partial charge in [-0.05, 0) is 43.6 Å². The summed E-state index contributed by atoms with van der Waals surface area (Å²) in [5.74, 6) is -0.107. The lowest BCUT2D eigenvalue weighted by atomic mass is 10.0. The van der Waals surface area contributed by atoms with Crippen LogP contribution >= 0.6 is 0 Å². The van der Waals surface area contributed by atoms with E-state index in [1.165, 1.54) is 15.9 Å². The van der Waals surface area contributed by atoms with Crippen LogP contribution in [0.2, 0.25) is 0 Å². The van der Waals surface area contributed by atoms with E-state index in [2.05, 4.69) is 36.2 Å². The van der Waals surface area contributed by atoms with Gasteiger partial charge in [0.15, 0.2) is 5.78 Å². The van der Waals surface area contributed by atoms with Gasteiger partial charge in [0.25, 0.3) is 0 Å². The molecule has 2 aromatic rings. The zero-order valence-electron chi connectivity index (χ0n) is 18.5. The van der Waals surface area contributed by atoms with E-state index in [0.29, 0.717) is 25.2 Å². The molecule has 31 heavy (non-hydrogen) atoms. The van der Waals surface area contributed by atoms with Gasteiger partial charge in [-0.25, -0.2) is 8.42 Å². The fraction of sp³-hybridized carbons (Fsp3) is 0.458. The molecular weight excluding hydrogens is 410 g/mol. The second-order valence-corrected chi connectivity index (χ2v) is 9.78. The minimum Gasteiger partial charge on any atom is -0.308 e. The third kappa shape index (κ3) is 5.80. The van der Waals surface area contributed by atoms with E-state index in [1.54, 1.807) is 18.2 Å². The molecule has 1 aliphatic heterocycles. The molecule has 1 aliphatic rings.